The maximum atomic E-state index is 13.6. The number of rotatable bonds is 9. The highest BCUT2D eigenvalue weighted by molar-refractivity contribution is 5.91. The zero-order valence-electron chi connectivity index (χ0n) is 19.1. The van der Waals surface area contributed by atoms with Gasteiger partial charge in [-0.15, -0.1) is 0 Å². The number of esters is 1. The number of piperidine rings is 2. The van der Waals surface area contributed by atoms with Crippen molar-refractivity contribution in [1.82, 2.24) is 9.88 Å². The summed E-state index contributed by atoms with van der Waals surface area (Å²) in [5.41, 5.74) is 2.86. The van der Waals surface area contributed by atoms with Crippen molar-refractivity contribution in [2.75, 3.05) is 53.9 Å². The SMILES string of the molecule is COCCOCOCCC1C[C@H]2CN3CCc4c([nH]c5ccccc45)C(C(=O)OC)(C2)C13. The lowest BCUT2D eigenvalue weighted by Crippen LogP contribution is -2.67. The van der Waals surface area contributed by atoms with Crippen LogP contribution in [-0.4, -0.2) is 75.8 Å². The van der Waals surface area contributed by atoms with E-state index in [1.165, 1.54) is 18.1 Å². The number of methoxy groups -OCH3 is 2. The fourth-order valence-corrected chi connectivity index (χ4v) is 6.71. The van der Waals surface area contributed by atoms with Crippen molar-refractivity contribution in [2.24, 2.45) is 11.8 Å². The Balaban J connectivity index is 1.44. The van der Waals surface area contributed by atoms with E-state index in [4.69, 9.17) is 18.9 Å². The molecule has 7 nitrogen and oxygen atoms in total. The molecular formula is C25H34N2O5. The molecule has 0 spiro atoms. The Morgan fingerprint density at radius 1 is 1.19 bits per heavy atom. The van der Waals surface area contributed by atoms with Crippen LogP contribution in [0.15, 0.2) is 24.3 Å². The minimum Gasteiger partial charge on any atom is -0.468 e. The summed E-state index contributed by atoms with van der Waals surface area (Å²) in [6.45, 7) is 4.06. The molecule has 1 aliphatic carbocycles. The Bertz CT molecular complexity index is 959. The van der Waals surface area contributed by atoms with E-state index in [0.717, 1.165) is 50.0 Å². The van der Waals surface area contributed by atoms with Gasteiger partial charge in [0.2, 0.25) is 0 Å². The Labute approximate surface area is 189 Å². The van der Waals surface area contributed by atoms with E-state index in [1.54, 1.807) is 7.11 Å². The molecule has 2 aromatic rings. The molecule has 3 aliphatic heterocycles. The van der Waals surface area contributed by atoms with Crippen LogP contribution in [0.5, 0.6) is 0 Å². The molecule has 7 heteroatoms. The van der Waals surface area contributed by atoms with Crippen LogP contribution in [0.25, 0.3) is 10.9 Å². The first-order valence-corrected chi connectivity index (χ1v) is 11.8. The number of carbonyl (C=O) groups is 1. The number of nitrogens with zero attached hydrogens (tertiary/aromatic N) is 1. The molecule has 3 fully saturated rings. The van der Waals surface area contributed by atoms with Gasteiger partial charge in [0.15, 0.2) is 0 Å². The maximum Gasteiger partial charge on any atom is 0.319 e. The van der Waals surface area contributed by atoms with Crippen molar-refractivity contribution in [3.05, 3.63) is 35.5 Å². The van der Waals surface area contributed by atoms with Gasteiger partial charge in [0, 0.05) is 49.4 Å². The summed E-state index contributed by atoms with van der Waals surface area (Å²) in [5.74, 6) is 0.776. The van der Waals surface area contributed by atoms with Crippen LogP contribution in [0.4, 0.5) is 0 Å². The molecule has 4 bridgehead atoms. The first-order chi connectivity index (χ1) is 15.7. The molecule has 0 radical (unpaired) electrons. The normalized spacial score (nSPS) is 30.8. The van der Waals surface area contributed by atoms with E-state index in [1.807, 2.05) is 0 Å². The molecule has 1 N–H and O–H groups in total. The molecule has 1 aromatic carbocycles. The monoisotopic (exact) mass is 442 g/mol. The van der Waals surface area contributed by atoms with Crippen molar-refractivity contribution in [3.63, 3.8) is 0 Å². The summed E-state index contributed by atoms with van der Waals surface area (Å²) < 4.78 is 21.7. The lowest BCUT2D eigenvalue weighted by Gasteiger charge is -2.58. The van der Waals surface area contributed by atoms with Crippen LogP contribution >= 0.6 is 0 Å². The number of aromatic nitrogens is 1. The highest BCUT2D eigenvalue weighted by atomic mass is 16.7. The van der Waals surface area contributed by atoms with Gasteiger partial charge < -0.3 is 23.9 Å². The molecule has 174 valence electrons. The number of hydrogen-bond acceptors (Lipinski definition) is 6. The van der Waals surface area contributed by atoms with E-state index in [9.17, 15) is 4.79 Å². The summed E-state index contributed by atoms with van der Waals surface area (Å²) in [7, 11) is 3.19. The Morgan fingerprint density at radius 2 is 2.03 bits per heavy atom. The molecule has 4 aliphatic rings. The lowest BCUT2D eigenvalue weighted by molar-refractivity contribution is -0.163. The number of nitrogens with one attached hydrogen (secondary N) is 1. The molecule has 4 heterocycles. The predicted molar refractivity (Wildman–Crippen MR) is 121 cm³/mol. The number of carbonyl (C=O) groups excluding carboxylic acids is 1. The molecule has 5 atom stereocenters. The molecular weight excluding hydrogens is 408 g/mol. The van der Waals surface area contributed by atoms with Gasteiger partial charge in [0.25, 0.3) is 0 Å². The van der Waals surface area contributed by atoms with Crippen molar-refractivity contribution in [2.45, 2.75) is 37.1 Å². The molecule has 1 saturated carbocycles. The molecule has 6 rings (SSSR count). The number of aromatic amines is 1. The minimum atomic E-state index is -0.638. The van der Waals surface area contributed by atoms with Crippen molar-refractivity contribution in [3.8, 4) is 0 Å². The smallest absolute Gasteiger partial charge is 0.319 e. The van der Waals surface area contributed by atoms with Gasteiger partial charge in [0.1, 0.15) is 12.2 Å². The Morgan fingerprint density at radius 3 is 2.88 bits per heavy atom. The zero-order chi connectivity index (χ0) is 22.1. The zero-order valence-corrected chi connectivity index (χ0v) is 19.1. The third kappa shape index (κ3) is 3.55. The van der Waals surface area contributed by atoms with Crippen molar-refractivity contribution in [1.29, 1.82) is 0 Å². The van der Waals surface area contributed by atoms with Crippen LogP contribution in [-0.2, 0) is 35.6 Å². The lowest BCUT2D eigenvalue weighted by atomic mass is 9.56. The molecule has 32 heavy (non-hydrogen) atoms. The Kier molecular flexibility index (Phi) is 6.25. The number of benzene rings is 1. The minimum absolute atomic E-state index is 0.0968. The summed E-state index contributed by atoms with van der Waals surface area (Å²) in [6, 6.07) is 8.56. The first-order valence-electron chi connectivity index (χ1n) is 11.8. The summed E-state index contributed by atoms with van der Waals surface area (Å²) in [5, 5.41) is 1.24. The summed E-state index contributed by atoms with van der Waals surface area (Å²) >= 11 is 0. The van der Waals surface area contributed by atoms with Gasteiger partial charge in [0.05, 0.1) is 20.3 Å². The second-order valence-corrected chi connectivity index (χ2v) is 9.46. The molecule has 0 amide bonds. The fourth-order valence-electron chi connectivity index (χ4n) is 6.71. The molecule has 4 unspecified atom stereocenters. The van der Waals surface area contributed by atoms with E-state index in [-0.39, 0.29) is 18.8 Å². The average Bonchev–Trinajstić information content (AvgIpc) is 3.16. The fraction of sp³-hybridized carbons (Fsp3) is 0.640. The van der Waals surface area contributed by atoms with Gasteiger partial charge in [-0.05, 0) is 49.1 Å². The number of fused-ring (bicyclic) bond motifs is 4. The highest BCUT2D eigenvalue weighted by Gasteiger charge is 2.62. The van der Waals surface area contributed by atoms with Crippen LogP contribution in [0.3, 0.4) is 0 Å². The third-order valence-electron chi connectivity index (χ3n) is 7.77. The second kappa shape index (κ2) is 9.14. The van der Waals surface area contributed by atoms with Crippen molar-refractivity contribution < 1.29 is 23.7 Å². The van der Waals surface area contributed by atoms with E-state index in [0.29, 0.717) is 31.7 Å². The van der Waals surface area contributed by atoms with Gasteiger partial charge in [-0.25, -0.2) is 0 Å². The maximum absolute atomic E-state index is 13.6. The van der Waals surface area contributed by atoms with Gasteiger partial charge in [-0.3, -0.25) is 9.69 Å². The van der Waals surface area contributed by atoms with Crippen LogP contribution in [0, 0.1) is 11.8 Å². The summed E-state index contributed by atoms with van der Waals surface area (Å²) in [6.07, 6.45) is 3.87. The predicted octanol–water partition coefficient (Wildman–Crippen LogP) is 2.87. The van der Waals surface area contributed by atoms with Crippen LogP contribution in [0.1, 0.15) is 30.5 Å². The Hall–Kier alpha value is -1.93. The summed E-state index contributed by atoms with van der Waals surface area (Å²) in [4.78, 5) is 19.8. The molecule has 1 aromatic heterocycles. The van der Waals surface area contributed by atoms with Gasteiger partial charge >= 0.3 is 5.97 Å². The van der Waals surface area contributed by atoms with Crippen molar-refractivity contribution >= 4 is 16.9 Å². The van der Waals surface area contributed by atoms with Crippen LogP contribution in [0.2, 0.25) is 0 Å². The van der Waals surface area contributed by atoms with Crippen LogP contribution < -0.4 is 0 Å². The van der Waals surface area contributed by atoms with E-state index in [2.05, 4.69) is 34.1 Å². The average molecular weight is 443 g/mol. The third-order valence-corrected chi connectivity index (χ3v) is 7.77. The van der Waals surface area contributed by atoms with Gasteiger partial charge in [-0.2, -0.15) is 0 Å². The number of ether oxygens (including phenoxy) is 4. The second-order valence-electron chi connectivity index (χ2n) is 9.46. The van der Waals surface area contributed by atoms with E-state index >= 15 is 0 Å². The standard InChI is InChI=1S/C25H34N2O5/c1-29-11-12-32-16-31-10-8-18-13-17-14-25(24(28)30-2)22-20(7-9-27(15-17)23(18)25)19-5-3-4-6-21(19)26-22/h3-6,17-18,23,26H,7-16H2,1-2H3/t17-,18?,23?,25?/m1/s1. The molecule has 2 saturated heterocycles. The first kappa shape index (κ1) is 21.9. The number of H-pyrrole nitrogens is 1. The highest BCUT2D eigenvalue weighted by Crippen LogP contribution is 2.55. The topological polar surface area (TPSA) is 73.0 Å². The number of para-hydroxylation sites is 1. The largest absolute Gasteiger partial charge is 0.468 e. The van der Waals surface area contributed by atoms with E-state index < -0.39 is 5.41 Å². The van der Waals surface area contributed by atoms with Gasteiger partial charge in [-0.1, -0.05) is 18.2 Å². The number of hydrogen-bond donors (Lipinski definition) is 1. The quantitative estimate of drug-likeness (QED) is 0.366.